The largest absolute Gasteiger partial charge is 0.448 e. The van der Waals surface area contributed by atoms with Crippen molar-refractivity contribution < 1.29 is 4.42 Å². The standard InChI is InChI=1S/C14H23ClN2O/c1-14(2,3)17-8-6-11(7-9-17)16-10-12-4-5-13(15)18-12/h4-5,11,16H,6-10H2,1-3H3. The van der Waals surface area contributed by atoms with Crippen LogP contribution in [0.3, 0.4) is 0 Å². The van der Waals surface area contributed by atoms with Crippen molar-refractivity contribution in [3.05, 3.63) is 23.1 Å². The Labute approximate surface area is 114 Å². The summed E-state index contributed by atoms with van der Waals surface area (Å²) in [5.41, 5.74) is 0.291. The molecular weight excluding hydrogens is 248 g/mol. The van der Waals surface area contributed by atoms with Gasteiger partial charge in [0.05, 0.1) is 6.54 Å². The Morgan fingerprint density at radius 3 is 2.50 bits per heavy atom. The lowest BCUT2D eigenvalue weighted by Crippen LogP contribution is -2.49. The minimum atomic E-state index is 0.291. The number of hydrogen-bond donors (Lipinski definition) is 1. The Hall–Kier alpha value is -0.510. The topological polar surface area (TPSA) is 28.4 Å². The number of nitrogens with zero attached hydrogens (tertiary/aromatic N) is 1. The fourth-order valence-corrected chi connectivity index (χ4v) is 2.61. The average molecular weight is 271 g/mol. The highest BCUT2D eigenvalue weighted by Gasteiger charge is 2.26. The molecule has 0 unspecified atom stereocenters. The molecule has 0 saturated carbocycles. The van der Waals surface area contributed by atoms with Crippen LogP contribution in [0.1, 0.15) is 39.4 Å². The van der Waals surface area contributed by atoms with E-state index in [9.17, 15) is 0 Å². The van der Waals surface area contributed by atoms with Gasteiger partial charge in [-0.15, -0.1) is 0 Å². The summed E-state index contributed by atoms with van der Waals surface area (Å²) < 4.78 is 5.34. The van der Waals surface area contributed by atoms with Gasteiger partial charge in [-0.1, -0.05) is 0 Å². The van der Waals surface area contributed by atoms with Crippen LogP contribution in [0, 0.1) is 0 Å². The van der Waals surface area contributed by atoms with Gasteiger partial charge < -0.3 is 9.73 Å². The second kappa shape index (κ2) is 5.64. The summed E-state index contributed by atoms with van der Waals surface area (Å²) in [5.74, 6) is 0.915. The molecule has 0 atom stereocenters. The molecule has 0 bridgehead atoms. The normalized spacial score (nSPS) is 19.3. The summed E-state index contributed by atoms with van der Waals surface area (Å²) in [5, 5.41) is 4.01. The maximum Gasteiger partial charge on any atom is 0.193 e. The van der Waals surface area contributed by atoms with Crippen molar-refractivity contribution in [3.8, 4) is 0 Å². The molecule has 1 fully saturated rings. The molecule has 3 nitrogen and oxygen atoms in total. The predicted octanol–water partition coefficient (Wildman–Crippen LogP) is 3.29. The molecule has 1 saturated heterocycles. The Morgan fingerprint density at radius 1 is 1.33 bits per heavy atom. The van der Waals surface area contributed by atoms with E-state index in [4.69, 9.17) is 16.0 Å². The highest BCUT2D eigenvalue weighted by Crippen LogP contribution is 2.20. The fourth-order valence-electron chi connectivity index (χ4n) is 2.45. The minimum Gasteiger partial charge on any atom is -0.448 e. The van der Waals surface area contributed by atoms with Crippen LogP contribution < -0.4 is 5.32 Å². The first kappa shape index (κ1) is 13.9. The van der Waals surface area contributed by atoms with Gasteiger partial charge in [-0.2, -0.15) is 0 Å². The van der Waals surface area contributed by atoms with Crippen LogP contribution in [0.2, 0.25) is 5.22 Å². The van der Waals surface area contributed by atoms with Gasteiger partial charge in [0.25, 0.3) is 0 Å². The Bertz CT molecular complexity index is 375. The number of hydrogen-bond acceptors (Lipinski definition) is 3. The lowest BCUT2D eigenvalue weighted by atomic mass is 9.98. The first-order chi connectivity index (χ1) is 8.45. The second-order valence-electron chi connectivity index (χ2n) is 6.02. The molecule has 1 aromatic heterocycles. The van der Waals surface area contributed by atoms with Crippen LogP contribution in [0.15, 0.2) is 16.5 Å². The maximum absolute atomic E-state index is 5.75. The number of piperidine rings is 1. The first-order valence-electron chi connectivity index (χ1n) is 6.68. The van der Waals surface area contributed by atoms with E-state index in [-0.39, 0.29) is 0 Å². The number of halogens is 1. The molecule has 1 aliphatic rings. The summed E-state index contributed by atoms with van der Waals surface area (Å²) in [6.45, 7) is 9.95. The zero-order chi connectivity index (χ0) is 13.2. The lowest BCUT2D eigenvalue weighted by molar-refractivity contribution is 0.0956. The van der Waals surface area contributed by atoms with E-state index in [1.165, 1.54) is 25.9 Å². The van der Waals surface area contributed by atoms with Gasteiger partial charge in [0.15, 0.2) is 5.22 Å². The maximum atomic E-state index is 5.75. The van der Waals surface area contributed by atoms with Gasteiger partial charge in [-0.05, 0) is 57.3 Å². The molecule has 1 aromatic rings. The highest BCUT2D eigenvalue weighted by molar-refractivity contribution is 6.28. The summed E-state index contributed by atoms with van der Waals surface area (Å²) >= 11 is 5.75. The van der Waals surface area contributed by atoms with Crippen molar-refractivity contribution >= 4 is 11.6 Å². The van der Waals surface area contributed by atoms with Crippen LogP contribution in [0.5, 0.6) is 0 Å². The van der Waals surface area contributed by atoms with E-state index < -0.39 is 0 Å². The van der Waals surface area contributed by atoms with Crippen molar-refractivity contribution in [2.75, 3.05) is 13.1 Å². The summed E-state index contributed by atoms with van der Waals surface area (Å²) in [7, 11) is 0. The van der Waals surface area contributed by atoms with E-state index in [1.54, 1.807) is 6.07 Å². The zero-order valence-corrected chi connectivity index (χ0v) is 12.3. The molecule has 1 aliphatic heterocycles. The van der Waals surface area contributed by atoms with Gasteiger partial charge in [0.2, 0.25) is 0 Å². The summed E-state index contributed by atoms with van der Waals surface area (Å²) in [6, 6.07) is 4.31. The van der Waals surface area contributed by atoms with E-state index in [1.807, 2.05) is 6.07 Å². The summed E-state index contributed by atoms with van der Waals surface area (Å²) in [4.78, 5) is 2.55. The number of rotatable bonds is 3. The fraction of sp³-hybridized carbons (Fsp3) is 0.714. The monoisotopic (exact) mass is 270 g/mol. The zero-order valence-electron chi connectivity index (χ0n) is 11.5. The van der Waals surface area contributed by atoms with E-state index >= 15 is 0 Å². The quantitative estimate of drug-likeness (QED) is 0.914. The van der Waals surface area contributed by atoms with Crippen molar-refractivity contribution in [2.24, 2.45) is 0 Å². The van der Waals surface area contributed by atoms with Crippen molar-refractivity contribution in [3.63, 3.8) is 0 Å². The molecule has 2 heterocycles. The average Bonchev–Trinajstić information content (AvgIpc) is 2.72. The molecule has 0 aliphatic carbocycles. The van der Waals surface area contributed by atoms with Crippen LogP contribution in [0.25, 0.3) is 0 Å². The molecule has 4 heteroatoms. The Balaban J connectivity index is 1.74. The van der Waals surface area contributed by atoms with Gasteiger partial charge in [-0.25, -0.2) is 0 Å². The smallest absolute Gasteiger partial charge is 0.193 e. The lowest BCUT2D eigenvalue weighted by Gasteiger charge is -2.41. The molecule has 2 rings (SSSR count). The second-order valence-corrected chi connectivity index (χ2v) is 6.39. The predicted molar refractivity (Wildman–Crippen MR) is 74.9 cm³/mol. The summed E-state index contributed by atoms with van der Waals surface area (Å²) in [6.07, 6.45) is 2.40. The molecule has 0 spiro atoms. The van der Waals surface area contributed by atoms with E-state index in [2.05, 4.69) is 31.0 Å². The van der Waals surface area contributed by atoms with Gasteiger partial charge >= 0.3 is 0 Å². The van der Waals surface area contributed by atoms with E-state index in [0.29, 0.717) is 16.8 Å². The van der Waals surface area contributed by atoms with Crippen LogP contribution >= 0.6 is 11.6 Å². The molecule has 18 heavy (non-hydrogen) atoms. The molecule has 102 valence electrons. The Kier molecular flexibility index (Phi) is 4.36. The number of furan rings is 1. The van der Waals surface area contributed by atoms with E-state index in [0.717, 1.165) is 12.3 Å². The molecule has 0 radical (unpaired) electrons. The molecule has 1 N–H and O–H groups in total. The van der Waals surface area contributed by atoms with Crippen LogP contribution in [0.4, 0.5) is 0 Å². The van der Waals surface area contributed by atoms with Gasteiger partial charge in [0, 0.05) is 24.7 Å². The third-order valence-corrected chi connectivity index (χ3v) is 3.84. The third-order valence-electron chi connectivity index (χ3n) is 3.64. The Morgan fingerprint density at radius 2 is 2.00 bits per heavy atom. The highest BCUT2D eigenvalue weighted by atomic mass is 35.5. The first-order valence-corrected chi connectivity index (χ1v) is 7.05. The van der Waals surface area contributed by atoms with Crippen molar-refractivity contribution in [1.82, 2.24) is 10.2 Å². The third kappa shape index (κ3) is 3.74. The van der Waals surface area contributed by atoms with Gasteiger partial charge in [-0.3, -0.25) is 4.90 Å². The number of nitrogens with one attached hydrogen (secondary N) is 1. The number of likely N-dealkylation sites (tertiary alicyclic amines) is 1. The van der Waals surface area contributed by atoms with Crippen molar-refractivity contribution in [1.29, 1.82) is 0 Å². The van der Waals surface area contributed by atoms with Gasteiger partial charge in [0.1, 0.15) is 5.76 Å². The molecule has 0 aromatic carbocycles. The van der Waals surface area contributed by atoms with Crippen molar-refractivity contribution in [2.45, 2.75) is 51.7 Å². The molecule has 0 amide bonds. The molecular formula is C14H23ClN2O. The minimum absolute atomic E-state index is 0.291. The SMILES string of the molecule is CC(C)(C)N1CCC(NCc2ccc(Cl)o2)CC1. The van der Waals surface area contributed by atoms with Crippen LogP contribution in [-0.4, -0.2) is 29.6 Å². The van der Waals surface area contributed by atoms with Crippen LogP contribution in [-0.2, 0) is 6.54 Å².